The van der Waals surface area contributed by atoms with E-state index in [9.17, 15) is 0 Å². The van der Waals surface area contributed by atoms with Crippen LogP contribution in [0.5, 0.6) is 0 Å². The summed E-state index contributed by atoms with van der Waals surface area (Å²) in [6.07, 6.45) is 13.4. The maximum absolute atomic E-state index is 5.39. The number of rotatable bonds is 3. The molecule has 18 heavy (non-hydrogen) atoms. The van der Waals surface area contributed by atoms with Gasteiger partial charge in [0.15, 0.2) is 0 Å². The molecular formula is C16H27NO. The van der Waals surface area contributed by atoms with Gasteiger partial charge in [0, 0.05) is 6.20 Å². The molecule has 0 amide bonds. The van der Waals surface area contributed by atoms with E-state index in [1.54, 1.807) is 0 Å². The van der Waals surface area contributed by atoms with Crippen molar-refractivity contribution in [3.05, 3.63) is 36.1 Å². The monoisotopic (exact) mass is 249 g/mol. The molecular weight excluding hydrogens is 222 g/mol. The fourth-order valence-corrected chi connectivity index (χ4v) is 1.37. The number of allylic oxidation sites excluding steroid dienone is 4. The third kappa shape index (κ3) is 8.02. The smallest absolute Gasteiger partial charge is 0.0890 e. The molecule has 102 valence electrons. The standard InChI is InChI=1S/C13H19NO.C3H8/c1-3-5-6-7-12-8-10-15-11-13(12)14-9-4-2;1-3-2/h4-7,9H,3,8,10-11H2,1-2H3;3H2,1-2H3/b6-5+,9-4-,12-7-,14-13-;. The Morgan fingerprint density at radius 1 is 1.28 bits per heavy atom. The highest BCUT2D eigenvalue weighted by Gasteiger charge is 2.11. The molecule has 0 aromatic carbocycles. The minimum absolute atomic E-state index is 0.635. The first-order valence-electron chi connectivity index (χ1n) is 6.91. The number of aliphatic imine (C=N–C) groups is 1. The molecule has 0 unspecified atom stereocenters. The summed E-state index contributed by atoms with van der Waals surface area (Å²) in [5.74, 6) is 0. The lowest BCUT2D eigenvalue weighted by molar-refractivity contribution is 0.166. The van der Waals surface area contributed by atoms with Crippen molar-refractivity contribution in [2.45, 2.75) is 47.0 Å². The van der Waals surface area contributed by atoms with Crippen LogP contribution in [-0.4, -0.2) is 18.9 Å². The van der Waals surface area contributed by atoms with E-state index in [-0.39, 0.29) is 0 Å². The van der Waals surface area contributed by atoms with Gasteiger partial charge in [0.05, 0.1) is 18.9 Å². The van der Waals surface area contributed by atoms with E-state index >= 15 is 0 Å². The van der Waals surface area contributed by atoms with Crippen LogP contribution in [-0.2, 0) is 4.74 Å². The van der Waals surface area contributed by atoms with Gasteiger partial charge in [-0.25, -0.2) is 0 Å². The average molecular weight is 249 g/mol. The van der Waals surface area contributed by atoms with Crippen molar-refractivity contribution in [2.75, 3.05) is 13.2 Å². The lowest BCUT2D eigenvalue weighted by atomic mass is 10.1. The topological polar surface area (TPSA) is 21.6 Å². The van der Waals surface area contributed by atoms with Crippen molar-refractivity contribution >= 4 is 5.71 Å². The van der Waals surface area contributed by atoms with Crippen LogP contribution in [0.2, 0.25) is 0 Å². The zero-order chi connectivity index (χ0) is 13.6. The van der Waals surface area contributed by atoms with E-state index in [0.717, 1.165) is 25.2 Å². The fourth-order valence-electron chi connectivity index (χ4n) is 1.37. The number of nitrogens with zero attached hydrogens (tertiary/aromatic N) is 1. The molecule has 2 nitrogen and oxygen atoms in total. The van der Waals surface area contributed by atoms with E-state index in [4.69, 9.17) is 4.74 Å². The maximum atomic E-state index is 5.39. The maximum Gasteiger partial charge on any atom is 0.0890 e. The van der Waals surface area contributed by atoms with Crippen molar-refractivity contribution in [2.24, 2.45) is 4.99 Å². The quantitative estimate of drug-likeness (QED) is 0.711. The third-order valence-corrected chi connectivity index (χ3v) is 2.17. The summed E-state index contributed by atoms with van der Waals surface area (Å²) in [7, 11) is 0. The first kappa shape index (κ1) is 16.9. The molecule has 0 spiro atoms. The summed E-state index contributed by atoms with van der Waals surface area (Å²) in [5.41, 5.74) is 2.35. The second-order valence-corrected chi connectivity index (χ2v) is 4.10. The zero-order valence-electron chi connectivity index (χ0n) is 12.3. The molecule has 1 aliphatic rings. The highest BCUT2D eigenvalue weighted by molar-refractivity contribution is 6.02. The molecule has 1 fully saturated rings. The summed E-state index contributed by atoms with van der Waals surface area (Å²) < 4.78 is 5.39. The highest BCUT2D eigenvalue weighted by Crippen LogP contribution is 2.12. The van der Waals surface area contributed by atoms with Crippen molar-refractivity contribution in [1.82, 2.24) is 0 Å². The Balaban J connectivity index is 0.000000873. The van der Waals surface area contributed by atoms with E-state index in [1.165, 1.54) is 12.0 Å². The first-order valence-corrected chi connectivity index (χ1v) is 6.91. The van der Waals surface area contributed by atoms with E-state index in [1.807, 2.05) is 19.2 Å². The zero-order valence-corrected chi connectivity index (χ0v) is 12.3. The Kier molecular flexibility index (Phi) is 11.5. The molecule has 0 bridgehead atoms. The van der Waals surface area contributed by atoms with Crippen LogP contribution in [0.1, 0.15) is 47.0 Å². The lowest BCUT2D eigenvalue weighted by Crippen LogP contribution is -2.19. The SMILES string of the molecule is CCC.C\C=C/N=C1/COCC/C1=C/C=C/CC. The Bertz CT molecular complexity index is 311. The Labute approximate surface area is 112 Å². The molecule has 1 aliphatic heterocycles. The van der Waals surface area contributed by atoms with Crippen molar-refractivity contribution < 1.29 is 4.74 Å². The van der Waals surface area contributed by atoms with E-state index in [0.29, 0.717) is 6.61 Å². The Morgan fingerprint density at radius 2 is 2.00 bits per heavy atom. The molecule has 1 rings (SSSR count). The number of hydrogen-bond acceptors (Lipinski definition) is 2. The second kappa shape index (κ2) is 12.3. The van der Waals surface area contributed by atoms with Gasteiger partial charge in [0.2, 0.25) is 0 Å². The average Bonchev–Trinajstić information content (AvgIpc) is 2.39. The van der Waals surface area contributed by atoms with Gasteiger partial charge in [0.1, 0.15) is 0 Å². The van der Waals surface area contributed by atoms with Crippen LogP contribution in [0.25, 0.3) is 0 Å². The fraction of sp³-hybridized carbons (Fsp3) is 0.562. The molecule has 0 saturated carbocycles. The Hall–Kier alpha value is -1.15. The van der Waals surface area contributed by atoms with Gasteiger partial charge in [0.25, 0.3) is 0 Å². The normalized spacial score (nSPS) is 20.7. The predicted molar refractivity (Wildman–Crippen MR) is 81.2 cm³/mol. The molecule has 0 aromatic heterocycles. The largest absolute Gasteiger partial charge is 0.375 e. The van der Waals surface area contributed by atoms with Crippen molar-refractivity contribution in [1.29, 1.82) is 0 Å². The van der Waals surface area contributed by atoms with Gasteiger partial charge in [-0.3, -0.25) is 4.99 Å². The van der Waals surface area contributed by atoms with E-state index < -0.39 is 0 Å². The molecule has 0 N–H and O–H groups in total. The molecule has 0 radical (unpaired) electrons. The summed E-state index contributed by atoms with van der Waals surface area (Å²) >= 11 is 0. The lowest BCUT2D eigenvalue weighted by Gasteiger charge is -2.16. The molecule has 1 heterocycles. The van der Waals surface area contributed by atoms with Crippen LogP contribution in [0.3, 0.4) is 0 Å². The summed E-state index contributed by atoms with van der Waals surface area (Å²) in [6.45, 7) is 9.79. The van der Waals surface area contributed by atoms with Crippen LogP contribution in [0.4, 0.5) is 0 Å². The van der Waals surface area contributed by atoms with Crippen molar-refractivity contribution in [3.8, 4) is 0 Å². The van der Waals surface area contributed by atoms with Crippen LogP contribution >= 0.6 is 0 Å². The van der Waals surface area contributed by atoms with Crippen LogP contribution in [0.15, 0.2) is 41.1 Å². The van der Waals surface area contributed by atoms with Crippen LogP contribution in [0, 0.1) is 0 Å². The molecule has 1 saturated heterocycles. The molecule has 2 heteroatoms. The van der Waals surface area contributed by atoms with E-state index in [2.05, 4.69) is 44.0 Å². The second-order valence-electron chi connectivity index (χ2n) is 4.10. The highest BCUT2D eigenvalue weighted by atomic mass is 16.5. The summed E-state index contributed by atoms with van der Waals surface area (Å²) in [5, 5.41) is 0. The molecule has 0 aliphatic carbocycles. The van der Waals surface area contributed by atoms with Gasteiger partial charge in [-0.05, 0) is 25.3 Å². The number of ether oxygens (including phenoxy) is 1. The van der Waals surface area contributed by atoms with Gasteiger partial charge in [-0.15, -0.1) is 0 Å². The Morgan fingerprint density at radius 3 is 2.61 bits per heavy atom. The van der Waals surface area contributed by atoms with Crippen LogP contribution < -0.4 is 0 Å². The van der Waals surface area contributed by atoms with Crippen molar-refractivity contribution in [3.63, 3.8) is 0 Å². The minimum atomic E-state index is 0.635. The molecule has 0 atom stereocenters. The summed E-state index contributed by atoms with van der Waals surface area (Å²) in [6, 6.07) is 0. The van der Waals surface area contributed by atoms with Gasteiger partial charge in [-0.1, -0.05) is 51.5 Å². The first-order chi connectivity index (χ1) is 8.79. The third-order valence-electron chi connectivity index (χ3n) is 2.17. The van der Waals surface area contributed by atoms with Gasteiger partial charge >= 0.3 is 0 Å². The van der Waals surface area contributed by atoms with Gasteiger partial charge < -0.3 is 4.74 Å². The predicted octanol–water partition coefficient (Wildman–Crippen LogP) is 4.69. The number of hydrogen-bond donors (Lipinski definition) is 0. The summed E-state index contributed by atoms with van der Waals surface area (Å²) in [4.78, 5) is 4.37. The minimum Gasteiger partial charge on any atom is -0.375 e. The van der Waals surface area contributed by atoms with Gasteiger partial charge in [-0.2, -0.15) is 0 Å². The molecule has 0 aromatic rings.